The molecule has 1 atom stereocenters. The molecule has 0 aliphatic heterocycles. The second-order valence-corrected chi connectivity index (χ2v) is 10.0. The number of hydrogen-bond donors (Lipinski definition) is 3. The van der Waals surface area contributed by atoms with Gasteiger partial charge in [0.25, 0.3) is 5.56 Å². The van der Waals surface area contributed by atoms with Crippen LogP contribution in [0.2, 0.25) is 5.02 Å². The van der Waals surface area contributed by atoms with E-state index in [0.29, 0.717) is 50.4 Å². The molecule has 0 saturated heterocycles. The number of aromatic amines is 1. The summed E-state index contributed by atoms with van der Waals surface area (Å²) in [6.45, 7) is 0. The van der Waals surface area contributed by atoms with Crippen LogP contribution >= 0.6 is 11.6 Å². The molecule has 5 aromatic rings. The minimum absolute atomic E-state index is 0.226. The lowest BCUT2D eigenvalue weighted by Gasteiger charge is -2.17. The Labute approximate surface area is 260 Å². The molecule has 0 aliphatic carbocycles. The molecule has 0 bridgehead atoms. The van der Waals surface area contributed by atoms with Gasteiger partial charge in [0.05, 0.1) is 42.9 Å². The Balaban J connectivity index is 1.45. The van der Waals surface area contributed by atoms with Crippen molar-refractivity contribution < 1.29 is 19.1 Å². The van der Waals surface area contributed by atoms with Gasteiger partial charge in [-0.25, -0.2) is 14.6 Å². The summed E-state index contributed by atoms with van der Waals surface area (Å²) in [7, 11) is 4.53. The average molecular weight is 631 g/mol. The minimum atomic E-state index is -0.712. The van der Waals surface area contributed by atoms with Crippen LogP contribution < -0.4 is 20.9 Å². The van der Waals surface area contributed by atoms with Gasteiger partial charge in [0.1, 0.15) is 6.33 Å². The summed E-state index contributed by atoms with van der Waals surface area (Å²) in [4.78, 5) is 37.7. The summed E-state index contributed by atoms with van der Waals surface area (Å²) in [5.74, 6) is 0.0835. The molecule has 2 amide bonds. The zero-order chi connectivity index (χ0) is 31.9. The van der Waals surface area contributed by atoms with Crippen LogP contribution in [0.15, 0.2) is 71.8 Å². The number of ether oxygens (including phenoxy) is 2. The number of rotatable bonds is 10. The van der Waals surface area contributed by atoms with E-state index in [1.807, 2.05) is 0 Å². The molecule has 1 unspecified atom stereocenters. The highest BCUT2D eigenvalue weighted by Gasteiger charge is 2.21. The zero-order valence-corrected chi connectivity index (χ0v) is 25.0. The van der Waals surface area contributed by atoms with Gasteiger partial charge in [0, 0.05) is 41.9 Å². The van der Waals surface area contributed by atoms with E-state index in [-0.39, 0.29) is 6.42 Å². The molecule has 0 saturated carbocycles. The van der Waals surface area contributed by atoms with Crippen molar-refractivity contribution in [2.75, 3.05) is 19.5 Å². The number of aryl methyl sites for hydroxylation is 1. The second kappa shape index (κ2) is 13.6. The molecule has 3 aromatic heterocycles. The van der Waals surface area contributed by atoms with Crippen molar-refractivity contribution in [3.63, 3.8) is 0 Å². The van der Waals surface area contributed by atoms with E-state index < -0.39 is 23.6 Å². The van der Waals surface area contributed by atoms with Crippen molar-refractivity contribution in [2.45, 2.75) is 12.5 Å². The Morgan fingerprint density at radius 1 is 1.11 bits per heavy atom. The summed E-state index contributed by atoms with van der Waals surface area (Å²) >= 11 is 6.21. The van der Waals surface area contributed by atoms with Crippen LogP contribution in [0.3, 0.4) is 0 Å². The lowest BCUT2D eigenvalue weighted by Crippen LogP contribution is -2.30. The van der Waals surface area contributed by atoms with Gasteiger partial charge in [-0.2, -0.15) is 14.9 Å². The van der Waals surface area contributed by atoms with E-state index in [4.69, 9.17) is 16.3 Å². The molecule has 5 rings (SSSR count). The summed E-state index contributed by atoms with van der Waals surface area (Å²) < 4.78 is 13.0. The number of carbonyl (C=O) groups excluding carboxylic acids is 2. The number of nitrogens with zero attached hydrogens (tertiary/aromatic N) is 7. The summed E-state index contributed by atoms with van der Waals surface area (Å²) in [6.07, 6.45) is 3.98. The number of halogens is 1. The molecule has 3 heterocycles. The van der Waals surface area contributed by atoms with Crippen molar-refractivity contribution in [3.05, 3.63) is 99.3 Å². The molecule has 3 N–H and O–H groups in total. The van der Waals surface area contributed by atoms with E-state index >= 15 is 0 Å². The Kier molecular flexibility index (Phi) is 9.28. The number of benzene rings is 2. The number of anilines is 1. The Hall–Kier alpha value is -5.83. The van der Waals surface area contributed by atoms with Gasteiger partial charge in [-0.05, 0) is 58.5 Å². The SMILES string of the molecule is COC(=O)Nc1ccc(-c2cc(C(Cc3cc(OC)n(C)n3)NC(=O)/C=C/c3cc(Cl)ccc3-n3cnnn3)n[nH]c2=O)cc1. The van der Waals surface area contributed by atoms with Crippen LogP contribution in [-0.4, -0.2) is 66.4 Å². The van der Waals surface area contributed by atoms with Gasteiger partial charge in [-0.15, -0.1) is 5.10 Å². The maximum atomic E-state index is 13.3. The van der Waals surface area contributed by atoms with Crippen molar-refractivity contribution in [1.82, 2.24) is 45.5 Å². The van der Waals surface area contributed by atoms with Crippen LogP contribution in [-0.2, 0) is 23.0 Å². The standard InChI is InChI=1S/C29H27ClN10O5/c1-39-27(44-2)14-21(36-39)13-23(33-26(41)11-6-18-12-19(30)7-10-25(18)40-16-31-37-38-40)24-15-22(28(42)35-34-24)17-4-8-20(9-5-17)32-29(43)45-3/h4-12,14-16,23H,13H2,1-3H3,(H,32,43)(H,33,41)(H,35,42)/b11-6+. The Morgan fingerprint density at radius 3 is 2.60 bits per heavy atom. The van der Waals surface area contributed by atoms with Crippen LogP contribution in [0.1, 0.15) is 23.0 Å². The van der Waals surface area contributed by atoms with Gasteiger partial charge in [-0.1, -0.05) is 23.7 Å². The first-order chi connectivity index (χ1) is 21.7. The van der Waals surface area contributed by atoms with E-state index in [9.17, 15) is 14.4 Å². The number of tetrazole rings is 1. The molecule has 45 heavy (non-hydrogen) atoms. The molecule has 0 fully saturated rings. The van der Waals surface area contributed by atoms with Crippen LogP contribution in [0, 0.1) is 0 Å². The predicted molar refractivity (Wildman–Crippen MR) is 164 cm³/mol. The van der Waals surface area contributed by atoms with Crippen molar-refractivity contribution in [2.24, 2.45) is 7.05 Å². The highest BCUT2D eigenvalue weighted by molar-refractivity contribution is 6.30. The molecule has 230 valence electrons. The minimum Gasteiger partial charge on any atom is -0.481 e. The third-order valence-corrected chi connectivity index (χ3v) is 6.87. The fourth-order valence-corrected chi connectivity index (χ4v) is 4.66. The highest BCUT2D eigenvalue weighted by Crippen LogP contribution is 2.24. The van der Waals surface area contributed by atoms with E-state index in [1.165, 1.54) is 31.3 Å². The first-order valence-electron chi connectivity index (χ1n) is 13.4. The number of amides is 2. The van der Waals surface area contributed by atoms with Crippen molar-refractivity contribution in [3.8, 4) is 22.7 Å². The molecule has 16 heteroatoms. The van der Waals surface area contributed by atoms with Gasteiger partial charge < -0.3 is 14.8 Å². The van der Waals surface area contributed by atoms with E-state index in [1.54, 1.807) is 72.4 Å². The largest absolute Gasteiger partial charge is 0.481 e. The number of H-pyrrole nitrogens is 1. The highest BCUT2D eigenvalue weighted by atomic mass is 35.5. The molecular formula is C29H27ClN10O5. The lowest BCUT2D eigenvalue weighted by molar-refractivity contribution is -0.117. The normalized spacial score (nSPS) is 11.7. The van der Waals surface area contributed by atoms with Crippen LogP contribution in [0.25, 0.3) is 22.9 Å². The fraction of sp³-hybridized carbons (Fsp3) is 0.172. The molecular weight excluding hydrogens is 604 g/mol. The maximum absolute atomic E-state index is 13.3. The number of methoxy groups -OCH3 is 2. The average Bonchev–Trinajstić information content (AvgIpc) is 3.70. The summed E-state index contributed by atoms with van der Waals surface area (Å²) in [6, 6.07) is 14.4. The fourth-order valence-electron chi connectivity index (χ4n) is 4.48. The van der Waals surface area contributed by atoms with Crippen LogP contribution in [0.4, 0.5) is 10.5 Å². The van der Waals surface area contributed by atoms with E-state index in [0.717, 1.165) is 0 Å². The molecule has 15 nitrogen and oxygen atoms in total. The third kappa shape index (κ3) is 7.40. The van der Waals surface area contributed by atoms with E-state index in [2.05, 4.69) is 46.2 Å². The smallest absolute Gasteiger partial charge is 0.411 e. The molecule has 0 spiro atoms. The summed E-state index contributed by atoms with van der Waals surface area (Å²) in [5.41, 5.74) is 3.14. The number of hydrogen-bond acceptors (Lipinski definition) is 10. The van der Waals surface area contributed by atoms with Crippen LogP contribution in [0.5, 0.6) is 5.88 Å². The third-order valence-electron chi connectivity index (χ3n) is 6.63. The zero-order valence-electron chi connectivity index (χ0n) is 24.3. The van der Waals surface area contributed by atoms with Crippen molar-refractivity contribution in [1.29, 1.82) is 0 Å². The number of carbonyl (C=O) groups is 2. The van der Waals surface area contributed by atoms with Gasteiger partial charge in [0.15, 0.2) is 0 Å². The van der Waals surface area contributed by atoms with Crippen molar-refractivity contribution >= 4 is 35.4 Å². The number of nitrogens with one attached hydrogen (secondary N) is 3. The van der Waals surface area contributed by atoms with Gasteiger partial charge in [0.2, 0.25) is 11.8 Å². The lowest BCUT2D eigenvalue weighted by atomic mass is 10.0. The topological polar surface area (TPSA) is 184 Å². The molecule has 0 radical (unpaired) electrons. The number of aromatic nitrogens is 8. The molecule has 0 aliphatic rings. The monoisotopic (exact) mass is 630 g/mol. The van der Waals surface area contributed by atoms with Gasteiger partial charge >= 0.3 is 6.09 Å². The maximum Gasteiger partial charge on any atom is 0.411 e. The molecule has 2 aromatic carbocycles. The quantitative estimate of drug-likeness (QED) is 0.194. The first-order valence-corrected chi connectivity index (χ1v) is 13.7. The predicted octanol–water partition coefficient (Wildman–Crippen LogP) is 3.10. The van der Waals surface area contributed by atoms with Gasteiger partial charge in [-0.3, -0.25) is 14.9 Å². The Bertz CT molecular complexity index is 1900. The summed E-state index contributed by atoms with van der Waals surface area (Å²) in [5, 5.41) is 28.5. The first kappa shape index (κ1) is 30.6. The Morgan fingerprint density at radius 2 is 1.91 bits per heavy atom. The second-order valence-electron chi connectivity index (χ2n) is 9.59.